The smallest absolute Gasteiger partial charge is 0.352 e. The molecule has 5 N–H and O–H groups in total. The lowest BCUT2D eigenvalue weighted by Crippen LogP contribution is -2.71. The van der Waals surface area contributed by atoms with Crippen LogP contribution in [-0.2, 0) is 29.1 Å². The monoisotopic (exact) mass is 470 g/mol. The standard InChI is InChI=1S/C18H22N4O7S2/c1-29-7-10-8-30-17-13(16(24)22(17)14(10)18(25)26)20-15(23)12(19)9-4-3-5-11(6-9)21-31(2,27)28/h3-6,12-13,17,21H,7-8,19H2,1-2H3,(H,20,23)(H,25,26)/t12?,13?,17-/m1/s1. The molecule has 168 valence electrons. The van der Waals surface area contributed by atoms with Gasteiger partial charge in [-0.05, 0) is 23.3 Å². The van der Waals surface area contributed by atoms with E-state index < -0.39 is 45.3 Å². The Kier molecular flexibility index (Phi) is 6.59. The zero-order valence-corrected chi connectivity index (χ0v) is 18.3. The number of nitrogens with zero attached hydrogens (tertiary/aromatic N) is 1. The van der Waals surface area contributed by atoms with Crippen LogP contribution in [-0.4, -0.2) is 73.3 Å². The Hall–Kier alpha value is -2.61. The summed E-state index contributed by atoms with van der Waals surface area (Å²) in [5, 5.41) is 11.5. The van der Waals surface area contributed by atoms with E-state index in [4.69, 9.17) is 10.5 Å². The summed E-state index contributed by atoms with van der Waals surface area (Å²) in [6, 6.07) is 3.97. The van der Waals surface area contributed by atoms with E-state index in [9.17, 15) is 27.9 Å². The third kappa shape index (κ3) is 4.84. The number of nitrogens with two attached hydrogens (primary N) is 1. The highest BCUT2D eigenvalue weighted by molar-refractivity contribution is 8.00. The van der Waals surface area contributed by atoms with Crippen LogP contribution in [0.25, 0.3) is 0 Å². The first kappa shape index (κ1) is 23.1. The number of amides is 2. The van der Waals surface area contributed by atoms with E-state index in [2.05, 4.69) is 10.0 Å². The maximum absolute atomic E-state index is 12.6. The van der Waals surface area contributed by atoms with Gasteiger partial charge in [-0.2, -0.15) is 0 Å². The van der Waals surface area contributed by atoms with Gasteiger partial charge in [0.25, 0.3) is 5.91 Å². The maximum atomic E-state index is 12.6. The molecular weight excluding hydrogens is 448 g/mol. The lowest BCUT2D eigenvalue weighted by atomic mass is 10.0. The first-order valence-corrected chi connectivity index (χ1v) is 12.0. The molecule has 1 saturated heterocycles. The number of fused-ring (bicyclic) bond motifs is 1. The third-order valence-corrected chi connectivity index (χ3v) is 6.64. The number of anilines is 1. The van der Waals surface area contributed by atoms with Crippen LogP contribution >= 0.6 is 11.8 Å². The molecule has 1 fully saturated rings. The average Bonchev–Trinajstić information content (AvgIpc) is 2.69. The van der Waals surface area contributed by atoms with Gasteiger partial charge in [0.2, 0.25) is 15.9 Å². The molecule has 2 aliphatic heterocycles. The minimum atomic E-state index is -3.50. The molecule has 3 rings (SSSR count). The molecule has 13 heteroatoms. The number of aliphatic carboxylic acids is 1. The molecule has 1 aromatic carbocycles. The number of ether oxygens (including phenoxy) is 1. The van der Waals surface area contributed by atoms with E-state index >= 15 is 0 Å². The van der Waals surface area contributed by atoms with Crippen molar-refractivity contribution in [2.24, 2.45) is 5.73 Å². The zero-order chi connectivity index (χ0) is 22.9. The van der Waals surface area contributed by atoms with Crippen molar-refractivity contribution in [2.75, 3.05) is 30.4 Å². The third-order valence-electron chi connectivity index (χ3n) is 4.70. The summed E-state index contributed by atoms with van der Waals surface area (Å²) in [6.45, 7) is 0.0882. The van der Waals surface area contributed by atoms with Crippen LogP contribution < -0.4 is 15.8 Å². The molecule has 3 atom stereocenters. The van der Waals surface area contributed by atoms with Crippen molar-refractivity contribution in [3.8, 4) is 0 Å². The fraction of sp³-hybridized carbons (Fsp3) is 0.389. The number of nitrogens with one attached hydrogen (secondary N) is 2. The van der Waals surface area contributed by atoms with Gasteiger partial charge in [-0.15, -0.1) is 11.8 Å². The molecule has 0 aliphatic carbocycles. The van der Waals surface area contributed by atoms with Crippen molar-refractivity contribution in [3.05, 3.63) is 41.1 Å². The summed E-state index contributed by atoms with van der Waals surface area (Å²) < 4.78 is 30.1. The molecule has 11 nitrogen and oxygen atoms in total. The van der Waals surface area contributed by atoms with Crippen molar-refractivity contribution in [1.82, 2.24) is 10.2 Å². The molecule has 2 amide bonds. The number of carboxylic acids is 1. The molecule has 0 bridgehead atoms. The van der Waals surface area contributed by atoms with Gasteiger partial charge in [0.15, 0.2) is 0 Å². The van der Waals surface area contributed by atoms with E-state index in [0.717, 1.165) is 11.2 Å². The normalized spacial score (nSPS) is 21.8. The number of benzene rings is 1. The average molecular weight is 471 g/mol. The highest BCUT2D eigenvalue weighted by Gasteiger charge is 2.54. The molecule has 0 radical (unpaired) electrons. The predicted octanol–water partition coefficient (Wildman–Crippen LogP) is -0.557. The number of carbonyl (C=O) groups excluding carboxylic acids is 2. The van der Waals surface area contributed by atoms with Crippen molar-refractivity contribution in [2.45, 2.75) is 17.5 Å². The second-order valence-corrected chi connectivity index (χ2v) is 9.92. The van der Waals surface area contributed by atoms with Gasteiger partial charge < -0.3 is 20.9 Å². The Bertz CT molecular complexity index is 1060. The summed E-state index contributed by atoms with van der Waals surface area (Å²) in [7, 11) is -2.06. The summed E-state index contributed by atoms with van der Waals surface area (Å²) in [4.78, 5) is 38.1. The number of hydrogen-bond donors (Lipinski definition) is 4. The molecule has 2 aliphatic rings. The largest absolute Gasteiger partial charge is 0.477 e. The summed E-state index contributed by atoms with van der Waals surface area (Å²) >= 11 is 1.32. The number of β-lactam (4-membered cyclic amide) rings is 1. The summed E-state index contributed by atoms with van der Waals surface area (Å²) in [6.07, 6.45) is 1.000. The van der Waals surface area contributed by atoms with Crippen LogP contribution in [0.15, 0.2) is 35.5 Å². The number of thioether (sulfide) groups is 1. The molecule has 0 aromatic heterocycles. The zero-order valence-electron chi connectivity index (χ0n) is 16.7. The highest BCUT2D eigenvalue weighted by Crippen LogP contribution is 2.40. The Morgan fingerprint density at radius 3 is 2.74 bits per heavy atom. The molecule has 2 unspecified atom stereocenters. The van der Waals surface area contributed by atoms with E-state index in [0.29, 0.717) is 16.9 Å². The van der Waals surface area contributed by atoms with E-state index in [-0.39, 0.29) is 18.0 Å². The van der Waals surface area contributed by atoms with Crippen LogP contribution in [0.1, 0.15) is 11.6 Å². The van der Waals surface area contributed by atoms with Crippen LogP contribution in [0, 0.1) is 0 Å². The Balaban J connectivity index is 1.72. The van der Waals surface area contributed by atoms with Crippen LogP contribution in [0.4, 0.5) is 5.69 Å². The van der Waals surface area contributed by atoms with Gasteiger partial charge in [0.05, 0.1) is 12.9 Å². The lowest BCUT2D eigenvalue weighted by molar-refractivity contribution is -0.151. The first-order valence-electron chi connectivity index (χ1n) is 9.06. The second-order valence-electron chi connectivity index (χ2n) is 7.06. The summed E-state index contributed by atoms with van der Waals surface area (Å²) in [5.74, 6) is -2.07. The topological polar surface area (TPSA) is 168 Å². The van der Waals surface area contributed by atoms with Crippen molar-refractivity contribution >= 4 is 45.3 Å². The van der Waals surface area contributed by atoms with Gasteiger partial charge in [0.1, 0.15) is 23.2 Å². The Labute approximate surface area is 183 Å². The SMILES string of the molecule is COCC1=C(C(=O)O)N2C(=O)C(NC(=O)C(N)c3cccc(NS(C)(=O)=O)c3)[C@H]2SC1. The molecule has 0 spiro atoms. The number of carbonyl (C=O) groups is 3. The number of rotatable bonds is 8. The molecule has 1 aromatic rings. The molecule has 2 heterocycles. The Morgan fingerprint density at radius 2 is 2.13 bits per heavy atom. The van der Waals surface area contributed by atoms with Gasteiger partial charge in [0, 0.05) is 18.6 Å². The maximum Gasteiger partial charge on any atom is 0.352 e. The first-order chi connectivity index (χ1) is 14.5. The quantitative estimate of drug-likeness (QED) is 0.364. The van der Waals surface area contributed by atoms with Crippen LogP contribution in [0.2, 0.25) is 0 Å². The lowest BCUT2D eigenvalue weighted by Gasteiger charge is -2.49. The van der Waals surface area contributed by atoms with Crippen LogP contribution in [0.5, 0.6) is 0 Å². The van der Waals surface area contributed by atoms with Gasteiger partial charge in [-0.25, -0.2) is 13.2 Å². The minimum absolute atomic E-state index is 0.0882. The van der Waals surface area contributed by atoms with Crippen molar-refractivity contribution in [1.29, 1.82) is 0 Å². The number of hydrogen-bond acceptors (Lipinski definition) is 8. The highest BCUT2D eigenvalue weighted by atomic mass is 32.2. The fourth-order valence-electron chi connectivity index (χ4n) is 3.37. The van der Waals surface area contributed by atoms with Gasteiger partial charge in [-0.1, -0.05) is 12.1 Å². The van der Waals surface area contributed by atoms with E-state index in [1.54, 1.807) is 12.1 Å². The minimum Gasteiger partial charge on any atom is -0.477 e. The van der Waals surface area contributed by atoms with Crippen LogP contribution in [0.3, 0.4) is 0 Å². The number of methoxy groups -OCH3 is 1. The van der Waals surface area contributed by atoms with Gasteiger partial charge in [-0.3, -0.25) is 19.2 Å². The van der Waals surface area contributed by atoms with Crippen molar-refractivity contribution < 1.29 is 32.6 Å². The summed E-state index contributed by atoms with van der Waals surface area (Å²) in [5.41, 5.74) is 6.97. The van der Waals surface area contributed by atoms with Crippen molar-refractivity contribution in [3.63, 3.8) is 0 Å². The Morgan fingerprint density at radius 1 is 1.42 bits per heavy atom. The second kappa shape index (κ2) is 8.86. The number of sulfonamides is 1. The molecule has 31 heavy (non-hydrogen) atoms. The fourth-order valence-corrected chi connectivity index (χ4v) is 5.26. The number of carboxylic acid groups (broad SMARTS) is 1. The van der Waals surface area contributed by atoms with E-state index in [1.165, 1.54) is 31.0 Å². The molecule has 0 saturated carbocycles. The molecular formula is C18H22N4O7S2. The van der Waals surface area contributed by atoms with Gasteiger partial charge >= 0.3 is 5.97 Å². The van der Waals surface area contributed by atoms with E-state index in [1.807, 2.05) is 0 Å². The predicted molar refractivity (Wildman–Crippen MR) is 113 cm³/mol.